The molecule has 0 unspecified atom stereocenters. The number of hydrogen-bond acceptors (Lipinski definition) is 4. The molecule has 0 aromatic heterocycles. The fourth-order valence-electron chi connectivity index (χ4n) is 4.68. The smallest absolute Gasteiger partial charge is 0.304 e. The molecule has 0 spiro atoms. The van der Waals surface area contributed by atoms with E-state index >= 15 is 0 Å². The van der Waals surface area contributed by atoms with Gasteiger partial charge in [-0.15, -0.1) is 0 Å². The van der Waals surface area contributed by atoms with Crippen molar-refractivity contribution < 1.29 is 19.4 Å². The summed E-state index contributed by atoms with van der Waals surface area (Å²) < 4.78 is 6.04. The van der Waals surface area contributed by atoms with Gasteiger partial charge in [-0.25, -0.2) is 0 Å². The minimum absolute atomic E-state index is 0.0374. The molecule has 0 radical (unpaired) electrons. The summed E-state index contributed by atoms with van der Waals surface area (Å²) in [5, 5.41) is 16.8. The molecule has 0 bridgehead atoms. The molecule has 1 saturated heterocycles. The highest BCUT2D eigenvalue weighted by Crippen LogP contribution is 2.29. The van der Waals surface area contributed by atoms with E-state index < -0.39 is 11.9 Å². The number of amides is 1. The highest BCUT2D eigenvalue weighted by molar-refractivity contribution is 5.95. The van der Waals surface area contributed by atoms with Crippen LogP contribution in [0.2, 0.25) is 0 Å². The minimum Gasteiger partial charge on any atom is -0.491 e. The quantitative estimate of drug-likeness (QED) is 0.276. The second-order valence-corrected chi connectivity index (χ2v) is 9.13. The average molecular weight is 486 g/mol. The maximum Gasteiger partial charge on any atom is 0.304 e. The zero-order chi connectivity index (χ0) is 25.5. The van der Waals surface area contributed by atoms with E-state index in [-0.39, 0.29) is 24.2 Å². The molecule has 4 N–H and O–H groups in total. The van der Waals surface area contributed by atoms with Crippen LogP contribution < -0.4 is 10.5 Å². The molecule has 186 valence electrons. The Morgan fingerprint density at radius 2 is 1.64 bits per heavy atom. The number of carboxylic acids is 1. The van der Waals surface area contributed by atoms with Crippen molar-refractivity contribution in [2.45, 2.75) is 31.7 Å². The number of aliphatic carboxylic acids is 1. The fraction of sp³-hybridized carbons (Fsp3) is 0.276. The summed E-state index contributed by atoms with van der Waals surface area (Å²) in [7, 11) is 0. The minimum atomic E-state index is -0.953. The zero-order valence-electron chi connectivity index (χ0n) is 20.1. The van der Waals surface area contributed by atoms with Gasteiger partial charge in [-0.2, -0.15) is 0 Å². The van der Waals surface area contributed by atoms with E-state index in [1.807, 2.05) is 71.6 Å². The Kier molecular flexibility index (Phi) is 8.00. The second-order valence-electron chi connectivity index (χ2n) is 9.13. The number of carboxylic acid groups (broad SMARTS) is 1. The summed E-state index contributed by atoms with van der Waals surface area (Å²) in [4.78, 5) is 26.0. The summed E-state index contributed by atoms with van der Waals surface area (Å²) in [6, 6.07) is 25.2. The van der Waals surface area contributed by atoms with Gasteiger partial charge >= 0.3 is 5.97 Å². The number of nitrogens with zero attached hydrogens (tertiary/aromatic N) is 1. The molecular weight excluding hydrogens is 454 g/mol. The number of aryl methyl sites for hydroxylation is 1. The van der Waals surface area contributed by atoms with Gasteiger partial charge in [0.05, 0.1) is 18.4 Å². The van der Waals surface area contributed by atoms with Gasteiger partial charge < -0.3 is 20.5 Å². The Hall–Kier alpha value is -4.13. The van der Waals surface area contributed by atoms with Crippen LogP contribution in [0.15, 0.2) is 78.9 Å². The van der Waals surface area contributed by atoms with Crippen molar-refractivity contribution in [1.82, 2.24) is 4.90 Å². The van der Waals surface area contributed by atoms with Crippen molar-refractivity contribution in [2.24, 2.45) is 11.7 Å². The lowest BCUT2D eigenvalue weighted by Gasteiger charge is -2.25. The lowest BCUT2D eigenvalue weighted by Crippen LogP contribution is -2.38. The molecule has 1 aliphatic heterocycles. The Morgan fingerprint density at radius 3 is 2.25 bits per heavy atom. The number of likely N-dealkylation sites (tertiary alicyclic amines) is 1. The summed E-state index contributed by atoms with van der Waals surface area (Å²) in [6.45, 7) is 0.896. The van der Waals surface area contributed by atoms with Gasteiger partial charge in [-0.05, 0) is 48.1 Å². The Bertz CT molecular complexity index is 1190. The predicted molar refractivity (Wildman–Crippen MR) is 139 cm³/mol. The van der Waals surface area contributed by atoms with Crippen LogP contribution in [-0.4, -0.2) is 46.9 Å². The van der Waals surface area contributed by atoms with E-state index in [0.29, 0.717) is 30.9 Å². The fourth-order valence-corrected chi connectivity index (χ4v) is 4.68. The lowest BCUT2D eigenvalue weighted by molar-refractivity contribution is -0.142. The molecule has 36 heavy (non-hydrogen) atoms. The number of ether oxygens (including phenoxy) is 1. The van der Waals surface area contributed by atoms with Gasteiger partial charge in [0.25, 0.3) is 0 Å². The van der Waals surface area contributed by atoms with Crippen LogP contribution in [0.4, 0.5) is 0 Å². The van der Waals surface area contributed by atoms with Gasteiger partial charge in [0.2, 0.25) is 5.91 Å². The van der Waals surface area contributed by atoms with Gasteiger partial charge in [0.1, 0.15) is 18.2 Å². The normalized spacial score (nSPS) is 17.2. The maximum atomic E-state index is 13.0. The van der Waals surface area contributed by atoms with Crippen LogP contribution in [0.3, 0.4) is 0 Å². The zero-order valence-corrected chi connectivity index (χ0v) is 20.1. The average Bonchev–Trinajstić information content (AvgIpc) is 3.17. The Labute approximate surface area is 211 Å². The summed E-state index contributed by atoms with van der Waals surface area (Å²) in [5.41, 5.74) is 9.44. The Morgan fingerprint density at radius 1 is 1.00 bits per heavy atom. The highest BCUT2D eigenvalue weighted by Gasteiger charge is 2.40. The highest BCUT2D eigenvalue weighted by atomic mass is 16.5. The van der Waals surface area contributed by atoms with Crippen molar-refractivity contribution in [3.05, 3.63) is 90.0 Å². The SMILES string of the molecule is N=C(N)c1ccc(-c2ccc(OC[C@@H]3C[C@H](CC(=O)O)C(=O)N3CCCc3ccccc3)cc2)cc1. The third kappa shape index (κ3) is 6.30. The van der Waals surface area contributed by atoms with Crippen molar-refractivity contribution >= 4 is 17.7 Å². The first-order valence-corrected chi connectivity index (χ1v) is 12.1. The number of nitrogen functional groups attached to an aromatic ring is 1. The second kappa shape index (κ2) is 11.5. The molecule has 1 heterocycles. The van der Waals surface area contributed by atoms with Crippen molar-refractivity contribution in [3.63, 3.8) is 0 Å². The summed E-state index contributed by atoms with van der Waals surface area (Å²) >= 11 is 0. The first-order chi connectivity index (χ1) is 17.4. The molecular formula is C29H31N3O4. The number of carbonyl (C=O) groups is 2. The summed E-state index contributed by atoms with van der Waals surface area (Å²) in [6.07, 6.45) is 2.00. The molecule has 7 heteroatoms. The molecule has 3 aromatic carbocycles. The molecule has 2 atom stereocenters. The maximum absolute atomic E-state index is 13.0. The standard InChI is InChI=1S/C29H31N3O4/c30-28(31)23-10-8-21(9-11-23)22-12-14-26(15-13-22)36-19-25-17-24(18-27(33)34)29(35)32(25)16-4-7-20-5-2-1-3-6-20/h1-3,5-6,8-15,24-25H,4,7,16-19H2,(H3,30,31)(H,33,34)/t24-,25+/m1/s1. The number of hydrogen-bond donors (Lipinski definition) is 3. The first kappa shape index (κ1) is 25.0. The Balaban J connectivity index is 1.37. The summed E-state index contributed by atoms with van der Waals surface area (Å²) in [5.74, 6) is -0.824. The molecule has 0 saturated carbocycles. The third-order valence-electron chi connectivity index (χ3n) is 6.58. The van der Waals surface area contributed by atoms with E-state index in [0.717, 1.165) is 24.0 Å². The lowest BCUT2D eigenvalue weighted by atomic mass is 10.0. The van der Waals surface area contributed by atoms with Gasteiger partial charge in [-0.3, -0.25) is 15.0 Å². The number of benzene rings is 3. The van der Waals surface area contributed by atoms with Gasteiger partial charge in [-0.1, -0.05) is 66.7 Å². The van der Waals surface area contributed by atoms with Crippen LogP contribution in [0.1, 0.15) is 30.4 Å². The van der Waals surface area contributed by atoms with Crippen LogP contribution in [0.25, 0.3) is 11.1 Å². The molecule has 4 rings (SSSR count). The molecule has 1 aliphatic rings. The van der Waals surface area contributed by atoms with Gasteiger partial charge in [0, 0.05) is 12.1 Å². The van der Waals surface area contributed by atoms with Crippen LogP contribution in [0, 0.1) is 11.3 Å². The number of nitrogens with two attached hydrogens (primary N) is 1. The van der Waals surface area contributed by atoms with Crippen LogP contribution >= 0.6 is 0 Å². The van der Waals surface area contributed by atoms with Gasteiger partial charge in [0.15, 0.2) is 0 Å². The van der Waals surface area contributed by atoms with E-state index in [1.165, 1.54) is 5.56 Å². The third-order valence-corrected chi connectivity index (χ3v) is 6.58. The van der Waals surface area contributed by atoms with Crippen LogP contribution in [-0.2, 0) is 16.0 Å². The molecule has 1 fully saturated rings. The number of amidine groups is 1. The predicted octanol–water partition coefficient (Wildman–Crippen LogP) is 4.34. The molecule has 1 amide bonds. The largest absolute Gasteiger partial charge is 0.491 e. The van der Waals surface area contributed by atoms with Crippen molar-refractivity contribution in [3.8, 4) is 16.9 Å². The van der Waals surface area contributed by atoms with E-state index in [4.69, 9.17) is 15.9 Å². The molecule has 0 aliphatic carbocycles. The number of carbonyl (C=O) groups excluding carboxylic acids is 1. The van der Waals surface area contributed by atoms with E-state index in [9.17, 15) is 14.7 Å². The van der Waals surface area contributed by atoms with Crippen molar-refractivity contribution in [2.75, 3.05) is 13.2 Å². The number of rotatable bonds is 11. The first-order valence-electron chi connectivity index (χ1n) is 12.1. The monoisotopic (exact) mass is 485 g/mol. The van der Waals surface area contributed by atoms with Crippen LogP contribution in [0.5, 0.6) is 5.75 Å². The topological polar surface area (TPSA) is 117 Å². The number of nitrogens with one attached hydrogen (secondary N) is 1. The molecule has 3 aromatic rings. The molecule has 7 nitrogen and oxygen atoms in total. The van der Waals surface area contributed by atoms with E-state index in [2.05, 4.69) is 12.1 Å². The van der Waals surface area contributed by atoms with E-state index in [1.54, 1.807) is 0 Å². The van der Waals surface area contributed by atoms with Crippen molar-refractivity contribution in [1.29, 1.82) is 5.41 Å².